The Labute approximate surface area is 156 Å². The molecule has 0 spiro atoms. The van der Waals surface area contributed by atoms with Crippen LogP contribution in [0.4, 0.5) is 0 Å². The van der Waals surface area contributed by atoms with Gasteiger partial charge in [0, 0.05) is 17.7 Å². The molecule has 2 aromatic heterocycles. The topological polar surface area (TPSA) is 91.5 Å². The summed E-state index contributed by atoms with van der Waals surface area (Å²) in [6.45, 7) is 7.31. The van der Waals surface area contributed by atoms with Crippen LogP contribution in [-0.4, -0.2) is 34.1 Å². The fraction of sp³-hybridized carbons (Fsp3) is 0.444. The molecule has 1 unspecified atom stereocenters. The van der Waals surface area contributed by atoms with Gasteiger partial charge in [-0.15, -0.1) is 0 Å². The van der Waals surface area contributed by atoms with Crippen LogP contribution in [0, 0.1) is 0 Å². The maximum atomic E-state index is 12.3. The second-order valence-corrected chi connectivity index (χ2v) is 6.90. The van der Waals surface area contributed by atoms with Crippen LogP contribution in [0.3, 0.4) is 0 Å². The van der Waals surface area contributed by atoms with Gasteiger partial charge in [0.2, 0.25) is 11.0 Å². The first-order valence-corrected chi connectivity index (χ1v) is 8.53. The zero-order valence-corrected chi connectivity index (χ0v) is 15.9. The van der Waals surface area contributed by atoms with Gasteiger partial charge in [0.05, 0.1) is 25.0 Å². The normalized spacial score (nSPS) is 12.5. The molecule has 0 aliphatic rings. The predicted octanol–water partition coefficient (Wildman–Crippen LogP) is 3.76. The van der Waals surface area contributed by atoms with Crippen molar-refractivity contribution in [3.8, 4) is 0 Å². The van der Waals surface area contributed by atoms with Crippen molar-refractivity contribution < 1.29 is 23.5 Å². The summed E-state index contributed by atoms with van der Waals surface area (Å²) < 4.78 is 15.6. The molecular formula is C18H21ClN2O5. The van der Waals surface area contributed by atoms with Crippen molar-refractivity contribution in [3.05, 3.63) is 46.9 Å². The van der Waals surface area contributed by atoms with Crippen LogP contribution in [0.5, 0.6) is 0 Å². The number of aromatic nitrogens is 2. The lowest BCUT2D eigenvalue weighted by molar-refractivity contribution is -0.155. The number of carbonyl (C=O) groups is 2. The Kier molecular flexibility index (Phi) is 6.37. The van der Waals surface area contributed by atoms with Crippen molar-refractivity contribution >= 4 is 23.5 Å². The van der Waals surface area contributed by atoms with Gasteiger partial charge in [-0.1, -0.05) is 0 Å². The third kappa shape index (κ3) is 5.56. The molecule has 1 atom stereocenters. The van der Waals surface area contributed by atoms with Crippen molar-refractivity contribution in [2.45, 2.75) is 45.6 Å². The minimum absolute atomic E-state index is 0.00636. The van der Waals surface area contributed by atoms with E-state index in [1.807, 2.05) is 0 Å². The van der Waals surface area contributed by atoms with E-state index in [1.54, 1.807) is 33.8 Å². The maximum absolute atomic E-state index is 12.3. The number of ether oxygens (including phenoxy) is 2. The van der Waals surface area contributed by atoms with Gasteiger partial charge in [0.15, 0.2) is 0 Å². The molecule has 2 aromatic rings. The molecule has 2 rings (SSSR count). The minimum Gasteiger partial charge on any atom is -0.460 e. The van der Waals surface area contributed by atoms with Gasteiger partial charge >= 0.3 is 11.9 Å². The van der Waals surface area contributed by atoms with Crippen LogP contribution >= 0.6 is 11.6 Å². The van der Waals surface area contributed by atoms with Crippen LogP contribution in [0.15, 0.2) is 29.0 Å². The second-order valence-electron chi connectivity index (χ2n) is 6.56. The summed E-state index contributed by atoms with van der Waals surface area (Å²) in [7, 11) is 0. The fourth-order valence-electron chi connectivity index (χ4n) is 2.33. The summed E-state index contributed by atoms with van der Waals surface area (Å²) in [5.41, 5.74) is 0.498. The number of furan rings is 1. The number of halogens is 1. The average molecular weight is 381 g/mol. The summed E-state index contributed by atoms with van der Waals surface area (Å²) in [4.78, 5) is 32.2. The molecule has 0 aliphatic heterocycles. The van der Waals surface area contributed by atoms with Gasteiger partial charge < -0.3 is 13.9 Å². The van der Waals surface area contributed by atoms with Crippen molar-refractivity contribution in [1.82, 2.24) is 9.97 Å². The van der Waals surface area contributed by atoms with Crippen LogP contribution in [0.25, 0.3) is 0 Å². The molecule has 0 saturated carbocycles. The zero-order chi connectivity index (χ0) is 19.3. The quantitative estimate of drug-likeness (QED) is 0.556. The highest BCUT2D eigenvalue weighted by molar-refractivity contribution is 6.28. The Morgan fingerprint density at radius 1 is 1.35 bits per heavy atom. The molecule has 0 bridgehead atoms. The number of hydrogen-bond donors (Lipinski definition) is 0. The number of hydrogen-bond acceptors (Lipinski definition) is 7. The highest BCUT2D eigenvalue weighted by Gasteiger charge is 2.26. The van der Waals surface area contributed by atoms with E-state index >= 15 is 0 Å². The van der Waals surface area contributed by atoms with E-state index < -0.39 is 23.5 Å². The molecule has 0 fully saturated rings. The van der Waals surface area contributed by atoms with Gasteiger partial charge in [-0.05, 0) is 51.4 Å². The molecule has 2 heterocycles. The van der Waals surface area contributed by atoms with E-state index in [-0.39, 0.29) is 24.1 Å². The van der Waals surface area contributed by atoms with Crippen molar-refractivity contribution in [3.63, 3.8) is 0 Å². The fourth-order valence-corrected chi connectivity index (χ4v) is 2.48. The van der Waals surface area contributed by atoms with Gasteiger partial charge in [-0.25, -0.2) is 14.8 Å². The smallest absolute Gasteiger partial charge is 0.374 e. The first-order chi connectivity index (χ1) is 12.2. The van der Waals surface area contributed by atoms with Crippen LogP contribution in [0.2, 0.25) is 5.28 Å². The Bertz CT molecular complexity index is 782. The lowest BCUT2D eigenvalue weighted by Crippen LogP contribution is -2.25. The highest BCUT2D eigenvalue weighted by Crippen LogP contribution is 2.30. The molecule has 0 N–H and O–H groups in total. The van der Waals surface area contributed by atoms with E-state index in [1.165, 1.54) is 18.5 Å². The van der Waals surface area contributed by atoms with Crippen molar-refractivity contribution in [2.75, 3.05) is 6.61 Å². The minimum atomic E-state index is -0.614. The van der Waals surface area contributed by atoms with E-state index in [0.717, 1.165) is 0 Å². The SMILES string of the molecule is CCOC(=O)c1cc(C(CC(=O)OC(C)(C)C)c2ccnc(Cl)n2)co1. The van der Waals surface area contributed by atoms with E-state index in [4.69, 9.17) is 25.5 Å². The van der Waals surface area contributed by atoms with Crippen LogP contribution in [-0.2, 0) is 14.3 Å². The largest absolute Gasteiger partial charge is 0.460 e. The Hall–Kier alpha value is -2.41. The third-order valence-corrected chi connectivity index (χ3v) is 3.48. The molecule has 26 heavy (non-hydrogen) atoms. The first kappa shape index (κ1) is 19.9. The van der Waals surface area contributed by atoms with Crippen LogP contribution in [0.1, 0.15) is 61.8 Å². The van der Waals surface area contributed by atoms with E-state index in [2.05, 4.69) is 9.97 Å². The van der Waals surface area contributed by atoms with Gasteiger partial charge in [-0.3, -0.25) is 4.79 Å². The maximum Gasteiger partial charge on any atom is 0.374 e. The standard InChI is InChI=1S/C18H21ClN2O5/c1-5-24-16(23)14-8-11(10-25-14)12(9-15(22)26-18(2,3)4)13-6-7-20-17(19)21-13/h6-8,10,12H,5,9H2,1-4H3. The zero-order valence-electron chi connectivity index (χ0n) is 15.1. The molecule has 0 radical (unpaired) electrons. The summed E-state index contributed by atoms with van der Waals surface area (Å²) in [6.07, 6.45) is 2.91. The number of esters is 2. The van der Waals surface area contributed by atoms with Crippen molar-refractivity contribution in [2.24, 2.45) is 0 Å². The van der Waals surface area contributed by atoms with Crippen molar-refractivity contribution in [1.29, 1.82) is 0 Å². The molecule has 0 aliphatic carbocycles. The Morgan fingerprint density at radius 2 is 2.08 bits per heavy atom. The molecule has 0 amide bonds. The summed E-state index contributed by atoms with van der Waals surface area (Å²) in [5.74, 6) is -1.43. The molecule has 140 valence electrons. The first-order valence-electron chi connectivity index (χ1n) is 8.15. The van der Waals surface area contributed by atoms with Gasteiger partial charge in [0.25, 0.3) is 0 Å². The Morgan fingerprint density at radius 3 is 2.69 bits per heavy atom. The summed E-state index contributed by atoms with van der Waals surface area (Å²) >= 11 is 5.88. The number of nitrogens with zero attached hydrogens (tertiary/aromatic N) is 2. The summed E-state index contributed by atoms with van der Waals surface area (Å²) in [5, 5.41) is 0.0609. The molecule has 0 aromatic carbocycles. The van der Waals surface area contributed by atoms with Crippen LogP contribution < -0.4 is 0 Å². The second kappa shape index (κ2) is 8.31. The van der Waals surface area contributed by atoms with E-state index in [0.29, 0.717) is 11.3 Å². The lowest BCUT2D eigenvalue weighted by Gasteiger charge is -2.21. The van der Waals surface area contributed by atoms with Gasteiger partial charge in [0.1, 0.15) is 5.60 Å². The monoisotopic (exact) mass is 380 g/mol. The Balaban J connectivity index is 2.32. The van der Waals surface area contributed by atoms with E-state index in [9.17, 15) is 9.59 Å². The highest BCUT2D eigenvalue weighted by atomic mass is 35.5. The molecule has 8 heteroatoms. The molecular weight excluding hydrogens is 360 g/mol. The third-order valence-electron chi connectivity index (χ3n) is 3.29. The predicted molar refractivity (Wildman–Crippen MR) is 94.0 cm³/mol. The number of carbonyl (C=O) groups excluding carboxylic acids is 2. The summed E-state index contributed by atoms with van der Waals surface area (Å²) in [6, 6.07) is 3.18. The number of rotatable bonds is 6. The molecule has 7 nitrogen and oxygen atoms in total. The lowest BCUT2D eigenvalue weighted by atomic mass is 9.94. The average Bonchev–Trinajstić information content (AvgIpc) is 3.01. The van der Waals surface area contributed by atoms with Gasteiger partial charge in [-0.2, -0.15) is 0 Å². The molecule has 0 saturated heterocycles.